The average molecular weight is 362 g/mol. The van der Waals surface area contributed by atoms with Crippen LogP contribution in [0.1, 0.15) is 58.8 Å². The highest BCUT2D eigenvalue weighted by atomic mass is 32.2. The first-order chi connectivity index (χ1) is 11.8. The molecule has 4 heteroatoms. The second-order valence-electron chi connectivity index (χ2n) is 8.37. The molecule has 0 saturated heterocycles. The Labute approximate surface area is 152 Å². The zero-order valence-corrected chi connectivity index (χ0v) is 16.3. The zero-order chi connectivity index (χ0) is 18.1. The number of ketones is 1. The van der Waals surface area contributed by atoms with Crippen molar-refractivity contribution in [2.24, 2.45) is 23.2 Å². The average Bonchev–Trinajstić information content (AvgIpc) is 2.94. The van der Waals surface area contributed by atoms with Crippen molar-refractivity contribution >= 4 is 15.5 Å². The number of Topliss-reactive ketones (excluding diaryl/α,β-unsaturated/α-hetero) is 1. The van der Waals surface area contributed by atoms with Crippen LogP contribution in [-0.4, -0.2) is 15.7 Å². The van der Waals surface area contributed by atoms with E-state index in [2.05, 4.69) is 13.8 Å². The molecule has 3 rings (SSSR count). The van der Waals surface area contributed by atoms with E-state index in [-0.39, 0.29) is 11.3 Å². The summed E-state index contributed by atoms with van der Waals surface area (Å²) in [7, 11) is -2.68. The van der Waals surface area contributed by atoms with E-state index in [1.807, 2.05) is 18.2 Å². The first-order valence-corrected chi connectivity index (χ1v) is 11.4. The molecule has 2 aliphatic carbocycles. The normalized spacial score (nSPS) is 32.8. The number of fused-ring (bicyclic) bond motifs is 1. The molecular formula is C21H31NO2S. The molecule has 138 valence electrons. The van der Waals surface area contributed by atoms with Gasteiger partial charge in [0.05, 0.1) is 9.73 Å². The molecule has 0 aliphatic heterocycles. The van der Waals surface area contributed by atoms with E-state index in [9.17, 15) is 9.00 Å². The van der Waals surface area contributed by atoms with Gasteiger partial charge in [-0.2, -0.15) is 0 Å². The summed E-state index contributed by atoms with van der Waals surface area (Å²) in [5, 5.41) is 0. The number of hydrogen-bond acceptors (Lipinski definition) is 3. The molecule has 5 atom stereocenters. The van der Waals surface area contributed by atoms with E-state index in [0.717, 1.165) is 38.5 Å². The molecule has 0 radical (unpaired) electrons. The first kappa shape index (κ1) is 18.6. The summed E-state index contributed by atoms with van der Waals surface area (Å²) in [6, 6.07) is 9.20. The highest BCUT2D eigenvalue weighted by molar-refractivity contribution is 7.92. The lowest BCUT2D eigenvalue weighted by molar-refractivity contribution is -0.130. The third-order valence-electron chi connectivity index (χ3n) is 6.84. The Morgan fingerprint density at radius 1 is 1.28 bits per heavy atom. The van der Waals surface area contributed by atoms with Gasteiger partial charge in [-0.15, -0.1) is 0 Å². The van der Waals surface area contributed by atoms with Gasteiger partial charge in [0.25, 0.3) is 0 Å². The Morgan fingerprint density at radius 2 is 2.00 bits per heavy atom. The zero-order valence-electron chi connectivity index (χ0n) is 15.5. The number of nitrogens with one attached hydrogen (secondary N) is 1. The standard InChI is InChI=1S/C21H31NO2S/c1-16(8-7-15-25(22,24)17-9-4-3-5-10-17)18-12-13-19-20(23)11-6-14-21(18,19)2/h3-5,9-10,16,18-19,22H,6-8,11-15H2,1-2H3/t16-,18-,19+,21-,25?/m1/s1. The highest BCUT2D eigenvalue weighted by Gasteiger charge is 2.52. The quantitative estimate of drug-likeness (QED) is 0.748. The predicted molar refractivity (Wildman–Crippen MR) is 102 cm³/mol. The molecule has 25 heavy (non-hydrogen) atoms. The monoisotopic (exact) mass is 361 g/mol. The number of carbonyl (C=O) groups is 1. The maximum absolute atomic E-state index is 12.6. The van der Waals surface area contributed by atoms with Crippen molar-refractivity contribution < 1.29 is 9.00 Å². The molecular weight excluding hydrogens is 330 g/mol. The summed E-state index contributed by atoms with van der Waals surface area (Å²) in [6.45, 7) is 4.63. The van der Waals surface area contributed by atoms with Gasteiger partial charge in [0.1, 0.15) is 5.78 Å². The predicted octanol–water partition coefficient (Wildman–Crippen LogP) is 5.29. The lowest BCUT2D eigenvalue weighted by atomic mass is 9.62. The third-order valence-corrected chi connectivity index (χ3v) is 8.74. The Kier molecular flexibility index (Phi) is 5.38. The Bertz CT molecular complexity index is 713. The van der Waals surface area contributed by atoms with Crippen molar-refractivity contribution in [3.63, 3.8) is 0 Å². The van der Waals surface area contributed by atoms with Gasteiger partial charge in [-0.25, -0.2) is 8.99 Å². The molecule has 1 N–H and O–H groups in total. The molecule has 2 aliphatic rings. The van der Waals surface area contributed by atoms with E-state index in [4.69, 9.17) is 4.78 Å². The lowest BCUT2D eigenvalue weighted by Crippen LogP contribution is -2.39. The molecule has 2 saturated carbocycles. The number of benzene rings is 1. The molecule has 2 fully saturated rings. The fourth-order valence-electron chi connectivity index (χ4n) is 5.47. The van der Waals surface area contributed by atoms with Crippen LogP contribution in [0.15, 0.2) is 35.2 Å². The summed E-state index contributed by atoms with van der Waals surface area (Å²) in [4.78, 5) is 12.9. The van der Waals surface area contributed by atoms with Crippen LogP contribution in [0.2, 0.25) is 0 Å². The van der Waals surface area contributed by atoms with Crippen LogP contribution in [0.3, 0.4) is 0 Å². The van der Waals surface area contributed by atoms with Crippen molar-refractivity contribution in [1.29, 1.82) is 4.78 Å². The van der Waals surface area contributed by atoms with Crippen LogP contribution in [0.4, 0.5) is 0 Å². The maximum Gasteiger partial charge on any atom is 0.136 e. The fraction of sp³-hybridized carbons (Fsp3) is 0.667. The van der Waals surface area contributed by atoms with Crippen molar-refractivity contribution in [2.75, 3.05) is 5.75 Å². The van der Waals surface area contributed by atoms with Gasteiger partial charge in [-0.1, -0.05) is 32.0 Å². The van der Waals surface area contributed by atoms with E-state index in [0.29, 0.717) is 28.3 Å². The largest absolute Gasteiger partial charge is 0.299 e. The van der Waals surface area contributed by atoms with Gasteiger partial charge in [0, 0.05) is 23.0 Å². The van der Waals surface area contributed by atoms with Crippen molar-refractivity contribution in [3.05, 3.63) is 30.3 Å². The van der Waals surface area contributed by atoms with Crippen LogP contribution < -0.4 is 0 Å². The highest BCUT2D eigenvalue weighted by Crippen LogP contribution is 2.57. The smallest absolute Gasteiger partial charge is 0.136 e. The summed E-state index contributed by atoms with van der Waals surface area (Å²) in [6.07, 6.45) is 7.04. The number of carbonyl (C=O) groups excluding carboxylic acids is 1. The molecule has 3 nitrogen and oxygen atoms in total. The maximum atomic E-state index is 12.6. The second-order valence-corrected chi connectivity index (χ2v) is 10.6. The van der Waals surface area contributed by atoms with Crippen LogP contribution in [0.5, 0.6) is 0 Å². The van der Waals surface area contributed by atoms with Crippen LogP contribution in [-0.2, 0) is 14.5 Å². The fourth-order valence-corrected chi connectivity index (χ4v) is 6.88. The minimum atomic E-state index is -2.68. The van der Waals surface area contributed by atoms with Crippen molar-refractivity contribution in [3.8, 4) is 0 Å². The topological polar surface area (TPSA) is 58.0 Å². The van der Waals surface area contributed by atoms with Gasteiger partial charge < -0.3 is 0 Å². The van der Waals surface area contributed by atoms with E-state index in [1.54, 1.807) is 12.1 Å². The van der Waals surface area contributed by atoms with Crippen LogP contribution in [0.25, 0.3) is 0 Å². The minimum absolute atomic E-state index is 0.177. The SMILES string of the molecule is C[C@H](CCCS(=N)(=O)c1ccccc1)[C@H]1CC[C@H]2C(=O)CCC[C@]12C. The van der Waals surface area contributed by atoms with Gasteiger partial charge in [0.15, 0.2) is 0 Å². The molecule has 0 aromatic heterocycles. The molecule has 1 unspecified atom stereocenters. The van der Waals surface area contributed by atoms with E-state index < -0.39 is 9.73 Å². The molecule has 0 bridgehead atoms. The van der Waals surface area contributed by atoms with Gasteiger partial charge in [-0.05, 0) is 67.9 Å². The van der Waals surface area contributed by atoms with Crippen molar-refractivity contribution in [2.45, 2.75) is 63.7 Å². The summed E-state index contributed by atoms with van der Waals surface area (Å²) >= 11 is 0. The Hall–Kier alpha value is -1.16. The van der Waals surface area contributed by atoms with Gasteiger partial charge in [-0.3, -0.25) is 4.79 Å². The summed E-state index contributed by atoms with van der Waals surface area (Å²) in [5.74, 6) is 2.33. The third kappa shape index (κ3) is 3.69. The van der Waals surface area contributed by atoms with Gasteiger partial charge >= 0.3 is 0 Å². The summed E-state index contributed by atoms with van der Waals surface area (Å²) in [5.41, 5.74) is 0.177. The first-order valence-electron chi connectivity index (χ1n) is 9.69. The molecule has 1 aromatic rings. The molecule has 1 aromatic carbocycles. The lowest BCUT2D eigenvalue weighted by Gasteiger charge is -2.42. The van der Waals surface area contributed by atoms with E-state index >= 15 is 0 Å². The Balaban J connectivity index is 1.58. The summed E-state index contributed by atoms with van der Waals surface area (Å²) < 4.78 is 20.9. The Morgan fingerprint density at radius 3 is 2.72 bits per heavy atom. The second kappa shape index (κ2) is 7.22. The molecule has 0 spiro atoms. The van der Waals surface area contributed by atoms with E-state index in [1.165, 1.54) is 6.42 Å². The van der Waals surface area contributed by atoms with Crippen LogP contribution >= 0.6 is 0 Å². The number of hydrogen-bond donors (Lipinski definition) is 1. The molecule has 0 amide bonds. The number of rotatable bonds is 6. The minimum Gasteiger partial charge on any atom is -0.299 e. The van der Waals surface area contributed by atoms with Gasteiger partial charge in [0.2, 0.25) is 0 Å². The van der Waals surface area contributed by atoms with Crippen molar-refractivity contribution in [1.82, 2.24) is 0 Å². The van der Waals surface area contributed by atoms with Crippen LogP contribution in [0, 0.1) is 27.9 Å². The molecule has 0 heterocycles.